The van der Waals surface area contributed by atoms with Crippen molar-refractivity contribution < 1.29 is 9.50 Å². The fraction of sp³-hybridized carbons (Fsp3) is 0.182. The fourth-order valence-electron chi connectivity index (χ4n) is 1.39. The van der Waals surface area contributed by atoms with Gasteiger partial charge in [0.05, 0.1) is 16.5 Å². The highest BCUT2D eigenvalue weighted by Crippen LogP contribution is 2.24. The van der Waals surface area contributed by atoms with E-state index in [2.05, 4.69) is 20.9 Å². The van der Waals surface area contributed by atoms with Crippen LogP contribution in [0.4, 0.5) is 4.39 Å². The van der Waals surface area contributed by atoms with Gasteiger partial charge in [0, 0.05) is 17.1 Å². The number of aliphatic hydroxyl groups is 1. The molecule has 0 bridgehead atoms. The smallest absolute Gasteiger partial charge is 0.127 e. The molecule has 2 aromatic rings. The number of benzene rings is 1. The number of rotatable bonds is 3. The zero-order valence-electron chi connectivity index (χ0n) is 8.23. The number of aliphatic hydroxyl groups excluding tert-OH is 1. The largest absolute Gasteiger partial charge is 0.387 e. The van der Waals surface area contributed by atoms with E-state index in [1.807, 2.05) is 0 Å². The second-order valence-electron chi connectivity index (χ2n) is 3.36. The Balaban J connectivity index is 2.15. The second-order valence-corrected chi connectivity index (χ2v) is 5.19. The molecule has 84 valence electrons. The quantitative estimate of drug-likeness (QED) is 0.943. The standard InChI is InChI=1S/C11H9BrFNOS/c12-8-2-1-7(9(13)4-8)3-10(15)11-5-14-6-16-11/h1-2,4-6,10,15H,3H2. The Hall–Kier alpha value is -0.780. The van der Waals surface area contributed by atoms with Crippen molar-refractivity contribution in [3.8, 4) is 0 Å². The first-order chi connectivity index (χ1) is 7.66. The molecule has 2 rings (SSSR count). The van der Waals surface area contributed by atoms with Crippen LogP contribution in [0.1, 0.15) is 16.5 Å². The predicted molar refractivity (Wildman–Crippen MR) is 64.9 cm³/mol. The van der Waals surface area contributed by atoms with Crippen molar-refractivity contribution in [1.82, 2.24) is 4.98 Å². The third-order valence-corrected chi connectivity index (χ3v) is 3.58. The number of aromatic nitrogens is 1. The maximum Gasteiger partial charge on any atom is 0.127 e. The third-order valence-electron chi connectivity index (χ3n) is 2.21. The lowest BCUT2D eigenvalue weighted by Gasteiger charge is -2.09. The van der Waals surface area contributed by atoms with Gasteiger partial charge < -0.3 is 5.11 Å². The molecule has 16 heavy (non-hydrogen) atoms. The summed E-state index contributed by atoms with van der Waals surface area (Å²) in [7, 11) is 0. The van der Waals surface area contributed by atoms with Crippen molar-refractivity contribution in [3.63, 3.8) is 0 Å². The molecular weight excluding hydrogens is 293 g/mol. The molecule has 0 aliphatic rings. The number of thiazole rings is 1. The highest BCUT2D eigenvalue weighted by molar-refractivity contribution is 9.10. The molecule has 0 aliphatic carbocycles. The van der Waals surface area contributed by atoms with Crippen molar-refractivity contribution in [1.29, 1.82) is 0 Å². The van der Waals surface area contributed by atoms with E-state index in [0.717, 1.165) is 4.88 Å². The first kappa shape index (κ1) is 11.7. The third kappa shape index (κ3) is 2.66. The molecular formula is C11H9BrFNOS. The lowest BCUT2D eigenvalue weighted by Crippen LogP contribution is -2.01. The van der Waals surface area contributed by atoms with Gasteiger partial charge in [-0.1, -0.05) is 22.0 Å². The van der Waals surface area contributed by atoms with Crippen molar-refractivity contribution in [3.05, 3.63) is 50.6 Å². The highest BCUT2D eigenvalue weighted by atomic mass is 79.9. The molecule has 1 N–H and O–H groups in total. The molecule has 5 heteroatoms. The number of nitrogens with zero attached hydrogens (tertiary/aromatic N) is 1. The number of hydrogen-bond donors (Lipinski definition) is 1. The van der Waals surface area contributed by atoms with E-state index in [9.17, 15) is 9.50 Å². The summed E-state index contributed by atoms with van der Waals surface area (Å²) in [5.41, 5.74) is 2.15. The predicted octanol–water partition coefficient (Wildman–Crippen LogP) is 3.32. The SMILES string of the molecule is OC(Cc1ccc(Br)cc1F)c1cncs1. The monoisotopic (exact) mass is 301 g/mol. The highest BCUT2D eigenvalue weighted by Gasteiger charge is 2.13. The van der Waals surface area contributed by atoms with Gasteiger partial charge >= 0.3 is 0 Å². The summed E-state index contributed by atoms with van der Waals surface area (Å²) in [5.74, 6) is -0.307. The van der Waals surface area contributed by atoms with Gasteiger partial charge in [-0.25, -0.2) is 4.39 Å². The van der Waals surface area contributed by atoms with Crippen LogP contribution in [0.5, 0.6) is 0 Å². The van der Waals surface area contributed by atoms with Crippen LogP contribution in [0.15, 0.2) is 34.4 Å². The lowest BCUT2D eigenvalue weighted by atomic mass is 10.1. The van der Waals surface area contributed by atoms with Crippen LogP contribution in [-0.4, -0.2) is 10.1 Å². The zero-order valence-corrected chi connectivity index (χ0v) is 10.6. The van der Waals surface area contributed by atoms with Crippen LogP contribution in [0.25, 0.3) is 0 Å². The van der Waals surface area contributed by atoms with Gasteiger partial charge in [0.1, 0.15) is 5.82 Å². The summed E-state index contributed by atoms with van der Waals surface area (Å²) in [6.07, 6.45) is 1.18. The number of hydrogen-bond acceptors (Lipinski definition) is 3. The van der Waals surface area contributed by atoms with Gasteiger partial charge in [0.15, 0.2) is 0 Å². The van der Waals surface area contributed by atoms with Crippen LogP contribution in [0, 0.1) is 5.82 Å². The van der Waals surface area contributed by atoms with Crippen molar-refractivity contribution >= 4 is 27.3 Å². The molecule has 0 spiro atoms. The molecule has 0 radical (unpaired) electrons. The van der Waals surface area contributed by atoms with E-state index >= 15 is 0 Å². The Morgan fingerprint density at radius 1 is 1.50 bits per heavy atom. The minimum absolute atomic E-state index is 0.265. The molecule has 0 fully saturated rings. The van der Waals surface area contributed by atoms with E-state index in [-0.39, 0.29) is 12.2 Å². The Morgan fingerprint density at radius 2 is 2.31 bits per heavy atom. The van der Waals surface area contributed by atoms with Gasteiger partial charge in [-0.15, -0.1) is 11.3 Å². The Bertz CT molecular complexity index is 475. The minimum Gasteiger partial charge on any atom is -0.387 e. The van der Waals surface area contributed by atoms with Gasteiger partial charge in [-0.05, 0) is 17.7 Å². The second kappa shape index (κ2) is 5.03. The number of halogens is 2. The average Bonchev–Trinajstić information content (AvgIpc) is 2.75. The molecule has 1 unspecified atom stereocenters. The van der Waals surface area contributed by atoms with Gasteiger partial charge in [0.2, 0.25) is 0 Å². The van der Waals surface area contributed by atoms with Gasteiger partial charge in [0.25, 0.3) is 0 Å². The summed E-state index contributed by atoms with van der Waals surface area (Å²) in [5, 5.41) is 9.85. The summed E-state index contributed by atoms with van der Waals surface area (Å²) < 4.78 is 14.2. The first-order valence-corrected chi connectivity index (χ1v) is 6.34. The van der Waals surface area contributed by atoms with E-state index in [0.29, 0.717) is 10.0 Å². The molecule has 0 amide bonds. The average molecular weight is 302 g/mol. The Labute approximate surface area is 105 Å². The van der Waals surface area contributed by atoms with Crippen LogP contribution in [0.3, 0.4) is 0 Å². The summed E-state index contributed by atoms with van der Waals surface area (Å²) in [6, 6.07) is 4.83. The topological polar surface area (TPSA) is 33.1 Å². The van der Waals surface area contributed by atoms with Crippen LogP contribution < -0.4 is 0 Å². The van der Waals surface area contributed by atoms with Crippen molar-refractivity contribution in [2.45, 2.75) is 12.5 Å². The van der Waals surface area contributed by atoms with Crippen LogP contribution in [0.2, 0.25) is 0 Å². The van der Waals surface area contributed by atoms with E-state index in [1.54, 1.807) is 23.8 Å². The normalized spacial score (nSPS) is 12.7. The van der Waals surface area contributed by atoms with Crippen LogP contribution in [-0.2, 0) is 6.42 Å². The van der Waals surface area contributed by atoms with E-state index in [1.165, 1.54) is 17.4 Å². The van der Waals surface area contributed by atoms with E-state index in [4.69, 9.17) is 0 Å². The molecule has 1 aromatic heterocycles. The summed E-state index contributed by atoms with van der Waals surface area (Å²) in [6.45, 7) is 0. The van der Waals surface area contributed by atoms with Crippen molar-refractivity contribution in [2.24, 2.45) is 0 Å². The summed E-state index contributed by atoms with van der Waals surface area (Å²) in [4.78, 5) is 4.63. The molecule has 0 saturated heterocycles. The van der Waals surface area contributed by atoms with Crippen molar-refractivity contribution in [2.75, 3.05) is 0 Å². The maximum absolute atomic E-state index is 13.5. The van der Waals surface area contributed by atoms with Gasteiger partial charge in [-0.2, -0.15) is 0 Å². The molecule has 1 aromatic carbocycles. The first-order valence-electron chi connectivity index (χ1n) is 4.67. The van der Waals surface area contributed by atoms with Crippen LogP contribution >= 0.6 is 27.3 Å². The maximum atomic E-state index is 13.5. The van der Waals surface area contributed by atoms with Gasteiger partial charge in [-0.3, -0.25) is 4.98 Å². The molecule has 2 nitrogen and oxygen atoms in total. The molecule has 1 heterocycles. The summed E-state index contributed by atoms with van der Waals surface area (Å²) >= 11 is 4.56. The molecule has 0 aliphatic heterocycles. The van der Waals surface area contributed by atoms with E-state index < -0.39 is 6.10 Å². The zero-order chi connectivity index (χ0) is 11.5. The molecule has 1 atom stereocenters. The fourth-order valence-corrected chi connectivity index (χ4v) is 2.33. The Morgan fingerprint density at radius 3 is 2.94 bits per heavy atom. The minimum atomic E-state index is -0.692. The Kier molecular flexibility index (Phi) is 3.68. The molecule has 0 saturated carbocycles. The lowest BCUT2D eigenvalue weighted by molar-refractivity contribution is 0.180.